The van der Waals surface area contributed by atoms with E-state index in [4.69, 9.17) is 5.11 Å². The van der Waals surface area contributed by atoms with E-state index in [0.29, 0.717) is 6.07 Å². The third kappa shape index (κ3) is 1.97. The molecular weight excluding hydrogens is 271 g/mol. The molecule has 0 saturated heterocycles. The van der Waals surface area contributed by atoms with Crippen LogP contribution in [0.4, 0.5) is 13.2 Å². The summed E-state index contributed by atoms with van der Waals surface area (Å²) >= 11 is 0. The first-order chi connectivity index (χ1) is 9.49. The zero-order chi connectivity index (χ0) is 14.4. The molecule has 1 aromatic carbocycles. The SMILES string of the molecule is O=C(O)c1ccc(-c2cc(F)cc(F)c2F)n1C1CC1. The fourth-order valence-electron chi connectivity index (χ4n) is 2.31. The molecule has 1 aliphatic carbocycles. The molecule has 1 aliphatic rings. The maximum Gasteiger partial charge on any atom is 0.352 e. The van der Waals surface area contributed by atoms with Gasteiger partial charge in [0.25, 0.3) is 0 Å². The zero-order valence-corrected chi connectivity index (χ0v) is 10.2. The molecule has 2 aromatic rings. The van der Waals surface area contributed by atoms with Crippen LogP contribution in [0.25, 0.3) is 11.3 Å². The monoisotopic (exact) mass is 281 g/mol. The van der Waals surface area contributed by atoms with Crippen molar-refractivity contribution in [2.24, 2.45) is 0 Å². The Hall–Kier alpha value is -2.24. The minimum Gasteiger partial charge on any atom is -0.477 e. The van der Waals surface area contributed by atoms with Crippen LogP contribution in [0.15, 0.2) is 24.3 Å². The summed E-state index contributed by atoms with van der Waals surface area (Å²) in [6.07, 6.45) is 1.53. The maximum atomic E-state index is 13.8. The van der Waals surface area contributed by atoms with Crippen LogP contribution in [0.3, 0.4) is 0 Å². The third-order valence-electron chi connectivity index (χ3n) is 3.32. The van der Waals surface area contributed by atoms with Gasteiger partial charge in [-0.05, 0) is 31.0 Å². The number of carbonyl (C=O) groups is 1. The molecule has 0 unspecified atom stereocenters. The quantitative estimate of drug-likeness (QED) is 0.873. The van der Waals surface area contributed by atoms with Crippen molar-refractivity contribution in [2.75, 3.05) is 0 Å². The fourth-order valence-corrected chi connectivity index (χ4v) is 2.31. The molecule has 0 atom stereocenters. The van der Waals surface area contributed by atoms with Crippen molar-refractivity contribution in [1.29, 1.82) is 0 Å². The van der Waals surface area contributed by atoms with Crippen molar-refractivity contribution in [3.05, 3.63) is 47.4 Å². The van der Waals surface area contributed by atoms with E-state index in [9.17, 15) is 18.0 Å². The van der Waals surface area contributed by atoms with Gasteiger partial charge in [0, 0.05) is 17.7 Å². The summed E-state index contributed by atoms with van der Waals surface area (Å²) in [5.41, 5.74) is -0.0886. The highest BCUT2D eigenvalue weighted by atomic mass is 19.2. The Morgan fingerprint density at radius 1 is 1.20 bits per heavy atom. The highest BCUT2D eigenvalue weighted by Gasteiger charge is 2.31. The van der Waals surface area contributed by atoms with Gasteiger partial charge < -0.3 is 9.67 Å². The Kier molecular flexibility index (Phi) is 2.81. The Bertz CT molecular complexity index is 705. The number of carboxylic acid groups (broad SMARTS) is 1. The summed E-state index contributed by atoms with van der Waals surface area (Å²) in [6.45, 7) is 0. The first-order valence-electron chi connectivity index (χ1n) is 6.08. The van der Waals surface area contributed by atoms with E-state index >= 15 is 0 Å². The standard InChI is InChI=1S/C14H10F3NO2/c15-7-5-9(13(17)10(16)6-7)11-3-4-12(14(19)20)18(11)8-1-2-8/h3-6,8H,1-2H2,(H,19,20). The Labute approximate surface area is 112 Å². The van der Waals surface area contributed by atoms with Crippen LogP contribution in [0.2, 0.25) is 0 Å². The molecule has 0 spiro atoms. The Morgan fingerprint density at radius 3 is 2.50 bits per heavy atom. The molecular formula is C14H10F3NO2. The molecule has 0 bridgehead atoms. The van der Waals surface area contributed by atoms with Gasteiger partial charge in [-0.3, -0.25) is 0 Å². The van der Waals surface area contributed by atoms with Crippen molar-refractivity contribution < 1.29 is 23.1 Å². The molecule has 1 heterocycles. The van der Waals surface area contributed by atoms with Gasteiger partial charge in [-0.15, -0.1) is 0 Å². The first-order valence-corrected chi connectivity index (χ1v) is 6.08. The second-order valence-corrected chi connectivity index (χ2v) is 4.76. The second-order valence-electron chi connectivity index (χ2n) is 4.76. The number of carboxylic acids is 1. The normalized spacial score (nSPS) is 14.6. The van der Waals surface area contributed by atoms with Crippen LogP contribution < -0.4 is 0 Å². The van der Waals surface area contributed by atoms with Crippen molar-refractivity contribution in [2.45, 2.75) is 18.9 Å². The summed E-state index contributed by atoms with van der Waals surface area (Å²) < 4.78 is 41.8. The molecule has 20 heavy (non-hydrogen) atoms. The van der Waals surface area contributed by atoms with E-state index in [1.54, 1.807) is 0 Å². The molecule has 0 amide bonds. The van der Waals surface area contributed by atoms with Gasteiger partial charge in [0.15, 0.2) is 11.6 Å². The van der Waals surface area contributed by atoms with E-state index in [2.05, 4.69) is 0 Å². The molecule has 104 valence electrons. The number of halogens is 3. The summed E-state index contributed by atoms with van der Waals surface area (Å²) in [7, 11) is 0. The second kappa shape index (κ2) is 4.40. The smallest absolute Gasteiger partial charge is 0.352 e. The topological polar surface area (TPSA) is 42.2 Å². The summed E-state index contributed by atoms with van der Waals surface area (Å²) in [6, 6.07) is 3.97. The maximum absolute atomic E-state index is 13.8. The van der Waals surface area contributed by atoms with Crippen LogP contribution in [-0.4, -0.2) is 15.6 Å². The van der Waals surface area contributed by atoms with Crippen LogP contribution >= 0.6 is 0 Å². The van der Waals surface area contributed by atoms with Gasteiger partial charge in [-0.1, -0.05) is 0 Å². The average molecular weight is 281 g/mol. The van der Waals surface area contributed by atoms with Gasteiger partial charge >= 0.3 is 5.97 Å². The lowest BCUT2D eigenvalue weighted by atomic mass is 10.1. The zero-order valence-electron chi connectivity index (χ0n) is 10.2. The number of aromatic nitrogens is 1. The number of hydrogen-bond acceptors (Lipinski definition) is 1. The molecule has 0 aliphatic heterocycles. The first kappa shape index (κ1) is 12.8. The van der Waals surface area contributed by atoms with Crippen LogP contribution in [0.5, 0.6) is 0 Å². The highest BCUT2D eigenvalue weighted by Crippen LogP contribution is 2.41. The van der Waals surface area contributed by atoms with Gasteiger partial charge in [-0.25, -0.2) is 18.0 Å². The lowest BCUT2D eigenvalue weighted by Crippen LogP contribution is -2.09. The van der Waals surface area contributed by atoms with Crippen LogP contribution in [-0.2, 0) is 0 Å². The molecule has 0 radical (unpaired) electrons. The minimum absolute atomic E-state index is 0.00781. The summed E-state index contributed by atoms with van der Waals surface area (Å²) in [5, 5.41) is 9.12. The average Bonchev–Trinajstić information content (AvgIpc) is 3.12. The summed E-state index contributed by atoms with van der Waals surface area (Å²) in [5.74, 6) is -4.52. The van der Waals surface area contributed by atoms with Gasteiger partial charge in [-0.2, -0.15) is 0 Å². The van der Waals surface area contributed by atoms with E-state index < -0.39 is 23.4 Å². The van der Waals surface area contributed by atoms with Crippen molar-refractivity contribution in [3.8, 4) is 11.3 Å². The molecule has 1 aromatic heterocycles. The molecule has 6 heteroatoms. The van der Waals surface area contributed by atoms with E-state index in [1.807, 2.05) is 0 Å². The molecule has 1 fully saturated rings. The highest BCUT2D eigenvalue weighted by molar-refractivity contribution is 5.87. The van der Waals surface area contributed by atoms with Gasteiger partial charge in [0.2, 0.25) is 0 Å². The fraction of sp³-hybridized carbons (Fsp3) is 0.214. The van der Waals surface area contributed by atoms with Crippen molar-refractivity contribution in [3.63, 3.8) is 0 Å². The van der Waals surface area contributed by atoms with E-state index in [1.165, 1.54) is 16.7 Å². The molecule has 1 N–H and O–H groups in total. The van der Waals surface area contributed by atoms with Gasteiger partial charge in [0.05, 0.1) is 5.69 Å². The number of benzene rings is 1. The molecule has 3 nitrogen and oxygen atoms in total. The Balaban J connectivity index is 2.23. The predicted octanol–water partition coefficient (Wildman–Crippen LogP) is 3.61. The largest absolute Gasteiger partial charge is 0.477 e. The van der Waals surface area contributed by atoms with Crippen LogP contribution in [0.1, 0.15) is 29.4 Å². The lowest BCUT2D eigenvalue weighted by Gasteiger charge is -2.11. The number of hydrogen-bond donors (Lipinski definition) is 1. The van der Waals surface area contributed by atoms with Crippen molar-refractivity contribution in [1.82, 2.24) is 4.57 Å². The van der Waals surface area contributed by atoms with Gasteiger partial charge in [0.1, 0.15) is 11.5 Å². The summed E-state index contributed by atoms with van der Waals surface area (Å²) in [4.78, 5) is 11.2. The number of aromatic carboxylic acids is 1. The third-order valence-corrected chi connectivity index (χ3v) is 3.32. The number of nitrogens with zero attached hydrogens (tertiary/aromatic N) is 1. The van der Waals surface area contributed by atoms with Crippen molar-refractivity contribution >= 4 is 5.97 Å². The predicted molar refractivity (Wildman–Crippen MR) is 65.0 cm³/mol. The van der Waals surface area contributed by atoms with Crippen LogP contribution in [0, 0.1) is 17.5 Å². The van der Waals surface area contributed by atoms with E-state index in [0.717, 1.165) is 18.9 Å². The minimum atomic E-state index is -1.29. The van der Waals surface area contributed by atoms with E-state index in [-0.39, 0.29) is 23.0 Å². The number of rotatable bonds is 3. The molecule has 1 saturated carbocycles. The lowest BCUT2D eigenvalue weighted by molar-refractivity contribution is 0.0685. The molecule has 3 rings (SSSR count). The Morgan fingerprint density at radius 2 is 1.90 bits per heavy atom.